The largest absolute Gasteiger partial charge is 0.396 e. The number of para-hydroxylation sites is 1. The Hall–Kier alpha value is -1.06. The monoisotopic (exact) mass is 220 g/mol. The number of aliphatic hydroxyl groups is 1. The van der Waals surface area contributed by atoms with E-state index in [0.29, 0.717) is 0 Å². The maximum atomic E-state index is 9.06. The molecule has 88 valence electrons. The summed E-state index contributed by atoms with van der Waals surface area (Å²) in [6.07, 6.45) is 0.752. The quantitative estimate of drug-likeness (QED) is 0.822. The van der Waals surface area contributed by atoms with Gasteiger partial charge in [0.15, 0.2) is 0 Å². The van der Waals surface area contributed by atoms with Crippen molar-refractivity contribution in [3.8, 4) is 0 Å². The van der Waals surface area contributed by atoms with Crippen molar-refractivity contribution in [2.75, 3.05) is 44.7 Å². The predicted octanol–water partition coefficient (Wildman–Crippen LogP) is 0.973. The van der Waals surface area contributed by atoms with Crippen molar-refractivity contribution >= 4 is 5.69 Å². The highest BCUT2D eigenvalue weighted by molar-refractivity contribution is 5.54. The average Bonchev–Trinajstić information content (AvgIpc) is 2.32. The molecule has 0 spiro atoms. The minimum absolute atomic E-state index is 0.227. The van der Waals surface area contributed by atoms with Gasteiger partial charge in [-0.05, 0) is 25.1 Å². The van der Waals surface area contributed by atoms with Gasteiger partial charge < -0.3 is 14.9 Å². The molecule has 0 atom stereocenters. The number of anilines is 1. The van der Waals surface area contributed by atoms with Crippen LogP contribution < -0.4 is 4.90 Å². The summed E-state index contributed by atoms with van der Waals surface area (Å²) in [5.41, 5.74) is 2.55. The highest BCUT2D eigenvalue weighted by Crippen LogP contribution is 2.21. The fourth-order valence-electron chi connectivity index (χ4n) is 2.20. The summed E-state index contributed by atoms with van der Waals surface area (Å²) in [5.74, 6) is 0. The van der Waals surface area contributed by atoms with Crippen LogP contribution in [0, 0.1) is 0 Å². The molecule has 0 amide bonds. The molecule has 1 saturated heterocycles. The summed E-state index contributed by atoms with van der Waals surface area (Å²) in [7, 11) is 2.16. The maximum Gasteiger partial charge on any atom is 0.0472 e. The third-order valence-corrected chi connectivity index (χ3v) is 3.22. The first-order valence-corrected chi connectivity index (χ1v) is 5.93. The molecule has 0 saturated carbocycles. The number of piperazine rings is 1. The Morgan fingerprint density at radius 3 is 2.50 bits per heavy atom. The fourth-order valence-corrected chi connectivity index (χ4v) is 2.20. The Balaban J connectivity index is 2.13. The van der Waals surface area contributed by atoms with Gasteiger partial charge in [-0.1, -0.05) is 18.2 Å². The number of nitrogens with zero attached hydrogens (tertiary/aromatic N) is 2. The number of hydrogen-bond donors (Lipinski definition) is 1. The zero-order chi connectivity index (χ0) is 11.4. The third-order valence-electron chi connectivity index (χ3n) is 3.22. The van der Waals surface area contributed by atoms with Gasteiger partial charge in [0, 0.05) is 38.5 Å². The number of benzene rings is 1. The van der Waals surface area contributed by atoms with E-state index in [4.69, 9.17) is 5.11 Å². The van der Waals surface area contributed by atoms with E-state index in [1.807, 2.05) is 6.07 Å². The van der Waals surface area contributed by atoms with E-state index in [1.165, 1.54) is 11.3 Å². The van der Waals surface area contributed by atoms with Gasteiger partial charge in [-0.15, -0.1) is 0 Å². The SMILES string of the molecule is CN1CCN(c2ccccc2CCO)CC1. The van der Waals surface area contributed by atoms with Gasteiger partial charge in [0.1, 0.15) is 0 Å². The summed E-state index contributed by atoms with van der Waals surface area (Å²) in [5, 5.41) is 9.06. The topological polar surface area (TPSA) is 26.7 Å². The second-order valence-corrected chi connectivity index (χ2v) is 4.39. The van der Waals surface area contributed by atoms with Gasteiger partial charge in [0.05, 0.1) is 0 Å². The van der Waals surface area contributed by atoms with Gasteiger partial charge in [-0.2, -0.15) is 0 Å². The highest BCUT2D eigenvalue weighted by atomic mass is 16.2. The molecule has 1 heterocycles. The zero-order valence-electron chi connectivity index (χ0n) is 9.89. The minimum Gasteiger partial charge on any atom is -0.396 e. The van der Waals surface area contributed by atoms with Crippen molar-refractivity contribution in [2.24, 2.45) is 0 Å². The van der Waals surface area contributed by atoms with Gasteiger partial charge in [0.25, 0.3) is 0 Å². The van der Waals surface area contributed by atoms with Crippen molar-refractivity contribution in [1.29, 1.82) is 0 Å². The van der Waals surface area contributed by atoms with E-state index >= 15 is 0 Å². The molecule has 1 aromatic carbocycles. The third kappa shape index (κ3) is 2.54. The molecule has 0 aromatic heterocycles. The molecule has 16 heavy (non-hydrogen) atoms. The van der Waals surface area contributed by atoms with Crippen LogP contribution in [0.4, 0.5) is 5.69 Å². The normalized spacial score (nSPS) is 17.8. The fraction of sp³-hybridized carbons (Fsp3) is 0.538. The molecule has 1 aliphatic heterocycles. The average molecular weight is 220 g/mol. The molecule has 2 rings (SSSR count). The molecule has 0 aliphatic carbocycles. The van der Waals surface area contributed by atoms with E-state index in [-0.39, 0.29) is 6.61 Å². The molecule has 0 bridgehead atoms. The lowest BCUT2D eigenvalue weighted by atomic mass is 10.1. The van der Waals surface area contributed by atoms with Crippen LogP contribution in [0.3, 0.4) is 0 Å². The van der Waals surface area contributed by atoms with E-state index in [2.05, 4.69) is 35.0 Å². The molecule has 3 nitrogen and oxygen atoms in total. The first-order chi connectivity index (χ1) is 7.81. The molecule has 3 heteroatoms. The van der Waals surface area contributed by atoms with Crippen LogP contribution in [-0.4, -0.2) is 49.8 Å². The van der Waals surface area contributed by atoms with E-state index in [0.717, 1.165) is 32.6 Å². The smallest absolute Gasteiger partial charge is 0.0472 e. The molecule has 0 radical (unpaired) electrons. The summed E-state index contributed by atoms with van der Waals surface area (Å²) in [4.78, 5) is 4.77. The van der Waals surface area contributed by atoms with Crippen molar-refractivity contribution < 1.29 is 5.11 Å². The van der Waals surface area contributed by atoms with Gasteiger partial charge in [0.2, 0.25) is 0 Å². The lowest BCUT2D eigenvalue weighted by Crippen LogP contribution is -2.44. The van der Waals surface area contributed by atoms with Crippen molar-refractivity contribution in [2.45, 2.75) is 6.42 Å². The van der Waals surface area contributed by atoms with E-state index in [9.17, 15) is 0 Å². The molecule has 0 unspecified atom stereocenters. The number of likely N-dealkylation sites (N-methyl/N-ethyl adjacent to an activating group) is 1. The Bertz CT molecular complexity index is 332. The zero-order valence-corrected chi connectivity index (χ0v) is 9.89. The Morgan fingerprint density at radius 1 is 1.12 bits per heavy atom. The van der Waals surface area contributed by atoms with Crippen molar-refractivity contribution in [3.63, 3.8) is 0 Å². The van der Waals surface area contributed by atoms with Gasteiger partial charge >= 0.3 is 0 Å². The number of hydrogen-bond acceptors (Lipinski definition) is 3. The number of rotatable bonds is 3. The first-order valence-electron chi connectivity index (χ1n) is 5.93. The molecule has 1 aromatic rings. The standard InChI is InChI=1S/C13H20N2O/c1-14-7-9-15(10-8-14)13-5-3-2-4-12(13)6-11-16/h2-5,16H,6-11H2,1H3. The number of aliphatic hydroxyl groups excluding tert-OH is 1. The molecular weight excluding hydrogens is 200 g/mol. The van der Waals surface area contributed by atoms with Crippen molar-refractivity contribution in [1.82, 2.24) is 4.90 Å². The minimum atomic E-state index is 0.227. The van der Waals surface area contributed by atoms with Crippen LogP contribution in [0.15, 0.2) is 24.3 Å². The first kappa shape index (κ1) is 11.4. The van der Waals surface area contributed by atoms with Crippen LogP contribution in [0.1, 0.15) is 5.56 Å². The van der Waals surface area contributed by atoms with E-state index in [1.54, 1.807) is 0 Å². The second kappa shape index (κ2) is 5.32. The predicted molar refractivity (Wildman–Crippen MR) is 66.9 cm³/mol. The van der Waals surface area contributed by atoms with E-state index < -0.39 is 0 Å². The van der Waals surface area contributed by atoms with Crippen LogP contribution in [0.2, 0.25) is 0 Å². The summed E-state index contributed by atoms with van der Waals surface area (Å²) >= 11 is 0. The van der Waals surface area contributed by atoms with Crippen LogP contribution in [0.25, 0.3) is 0 Å². The summed E-state index contributed by atoms with van der Waals surface area (Å²) < 4.78 is 0. The molecular formula is C13H20N2O. The second-order valence-electron chi connectivity index (χ2n) is 4.39. The van der Waals surface area contributed by atoms with Crippen LogP contribution in [0.5, 0.6) is 0 Å². The van der Waals surface area contributed by atoms with Crippen molar-refractivity contribution in [3.05, 3.63) is 29.8 Å². The lowest BCUT2D eigenvalue weighted by Gasteiger charge is -2.35. The Labute approximate surface area is 97.3 Å². The Morgan fingerprint density at radius 2 is 1.81 bits per heavy atom. The molecule has 1 fully saturated rings. The van der Waals surface area contributed by atoms with Crippen LogP contribution in [-0.2, 0) is 6.42 Å². The highest BCUT2D eigenvalue weighted by Gasteiger charge is 2.16. The van der Waals surface area contributed by atoms with Gasteiger partial charge in [-0.25, -0.2) is 0 Å². The molecule has 1 aliphatic rings. The lowest BCUT2D eigenvalue weighted by molar-refractivity contribution is 0.298. The van der Waals surface area contributed by atoms with Gasteiger partial charge in [-0.3, -0.25) is 0 Å². The molecule has 1 N–H and O–H groups in total. The Kier molecular flexibility index (Phi) is 3.80. The summed E-state index contributed by atoms with van der Waals surface area (Å²) in [6, 6.07) is 8.40. The van der Waals surface area contributed by atoms with Crippen LogP contribution >= 0.6 is 0 Å². The summed E-state index contributed by atoms with van der Waals surface area (Å²) in [6.45, 7) is 4.63. The maximum absolute atomic E-state index is 9.06.